The minimum atomic E-state index is -3.51. The van der Waals surface area contributed by atoms with E-state index in [2.05, 4.69) is 9.88 Å². The number of likely N-dealkylation sites (tertiary alicyclic amines) is 1. The summed E-state index contributed by atoms with van der Waals surface area (Å²) in [5.41, 5.74) is 2.31. The average molecular weight is 429 g/mol. The third kappa shape index (κ3) is 4.06. The van der Waals surface area contributed by atoms with E-state index in [1.165, 1.54) is 0 Å². The molecule has 2 aliphatic rings. The van der Waals surface area contributed by atoms with Gasteiger partial charge in [0.1, 0.15) is 5.82 Å². The lowest BCUT2D eigenvalue weighted by atomic mass is 10.2. The Bertz CT molecular complexity index is 1020. The number of rotatable bonds is 4. The van der Waals surface area contributed by atoms with Gasteiger partial charge in [0.2, 0.25) is 10.0 Å². The van der Waals surface area contributed by atoms with E-state index in [1.54, 1.807) is 16.6 Å². The van der Waals surface area contributed by atoms with Crippen LogP contribution in [0.5, 0.6) is 0 Å². The van der Waals surface area contributed by atoms with Gasteiger partial charge in [-0.1, -0.05) is 12.1 Å². The number of aromatic nitrogens is 1. The molecule has 0 aliphatic carbocycles. The monoisotopic (exact) mass is 428 g/mol. The summed E-state index contributed by atoms with van der Waals surface area (Å²) in [6, 6.07) is 9.21. The zero-order valence-electron chi connectivity index (χ0n) is 17.5. The highest BCUT2D eigenvalue weighted by molar-refractivity contribution is 7.89. The molecule has 4 rings (SSSR count). The number of aryl methyl sites for hydroxylation is 2. The summed E-state index contributed by atoms with van der Waals surface area (Å²) in [5, 5.41) is 0. The van der Waals surface area contributed by atoms with E-state index in [9.17, 15) is 13.2 Å². The Kier molecular flexibility index (Phi) is 5.79. The van der Waals surface area contributed by atoms with Crippen LogP contribution < -0.4 is 4.90 Å². The van der Waals surface area contributed by atoms with Crippen molar-refractivity contribution in [3.63, 3.8) is 0 Å². The van der Waals surface area contributed by atoms with Crippen molar-refractivity contribution in [3.8, 4) is 0 Å². The molecule has 2 aromatic rings. The predicted octanol–water partition coefficient (Wildman–Crippen LogP) is 2.45. The Morgan fingerprint density at radius 3 is 2.27 bits per heavy atom. The van der Waals surface area contributed by atoms with Crippen LogP contribution in [0.2, 0.25) is 0 Å². The lowest BCUT2D eigenvalue weighted by molar-refractivity contribution is 0.0792. The topological polar surface area (TPSA) is 73.8 Å². The number of anilines is 1. The lowest BCUT2D eigenvalue weighted by Gasteiger charge is -2.35. The quantitative estimate of drug-likeness (QED) is 0.748. The fourth-order valence-corrected chi connectivity index (χ4v) is 5.82. The summed E-state index contributed by atoms with van der Waals surface area (Å²) in [5.74, 6) is 0.813. The molecule has 1 amide bonds. The van der Waals surface area contributed by atoms with E-state index in [4.69, 9.17) is 0 Å². The summed E-state index contributed by atoms with van der Waals surface area (Å²) in [6.07, 6.45) is 3.76. The van der Waals surface area contributed by atoms with Gasteiger partial charge in [0.15, 0.2) is 0 Å². The first-order valence-electron chi connectivity index (χ1n) is 10.4. The number of nitrogens with zero attached hydrogens (tertiary/aromatic N) is 4. The third-order valence-corrected chi connectivity index (χ3v) is 7.95. The Balaban J connectivity index is 1.42. The minimum absolute atomic E-state index is 0.0380. The van der Waals surface area contributed by atoms with E-state index in [-0.39, 0.29) is 5.91 Å². The van der Waals surface area contributed by atoms with Crippen molar-refractivity contribution < 1.29 is 13.2 Å². The number of carbonyl (C=O) groups excluding carboxylic acids is 1. The lowest BCUT2D eigenvalue weighted by Crippen LogP contribution is -2.49. The first-order valence-corrected chi connectivity index (χ1v) is 11.9. The molecule has 0 radical (unpaired) electrons. The Hall–Kier alpha value is -2.45. The fraction of sp³-hybridized carbons (Fsp3) is 0.455. The SMILES string of the molecule is Cc1ccc(C)c(S(=O)(=O)N2CCN(c3ccc(C(=O)N4CCCC4)cn3)CC2)c1. The molecule has 1 aromatic carbocycles. The zero-order valence-corrected chi connectivity index (χ0v) is 18.4. The molecule has 8 heteroatoms. The van der Waals surface area contributed by atoms with E-state index in [0.29, 0.717) is 36.6 Å². The van der Waals surface area contributed by atoms with Gasteiger partial charge in [-0.25, -0.2) is 13.4 Å². The van der Waals surface area contributed by atoms with Crippen LogP contribution in [-0.2, 0) is 10.0 Å². The van der Waals surface area contributed by atoms with Gasteiger partial charge in [-0.3, -0.25) is 4.79 Å². The summed E-state index contributed by atoms with van der Waals surface area (Å²) in [4.78, 5) is 21.3. The molecule has 0 atom stereocenters. The second-order valence-electron chi connectivity index (χ2n) is 8.06. The number of amides is 1. The first kappa shape index (κ1) is 20.8. The number of sulfonamides is 1. The van der Waals surface area contributed by atoms with Gasteiger partial charge in [0.05, 0.1) is 10.5 Å². The minimum Gasteiger partial charge on any atom is -0.354 e. The van der Waals surface area contributed by atoms with Crippen molar-refractivity contribution in [2.75, 3.05) is 44.2 Å². The standard InChI is InChI=1S/C22H28N4O3S/c1-17-5-6-18(2)20(15-17)30(28,29)26-13-11-24(12-14-26)21-8-7-19(16-23-21)22(27)25-9-3-4-10-25/h5-8,15-16H,3-4,9-14H2,1-2H3. The van der Waals surface area contributed by atoms with Crippen molar-refractivity contribution in [2.45, 2.75) is 31.6 Å². The van der Waals surface area contributed by atoms with Crippen LogP contribution >= 0.6 is 0 Å². The van der Waals surface area contributed by atoms with E-state index >= 15 is 0 Å². The van der Waals surface area contributed by atoms with Crippen LogP contribution in [0.1, 0.15) is 34.3 Å². The van der Waals surface area contributed by atoms with Crippen LogP contribution in [0.15, 0.2) is 41.4 Å². The normalized spacial score (nSPS) is 18.1. The van der Waals surface area contributed by atoms with Gasteiger partial charge in [0.25, 0.3) is 5.91 Å². The molecule has 0 N–H and O–H groups in total. The molecule has 2 fully saturated rings. The smallest absolute Gasteiger partial charge is 0.255 e. The Morgan fingerprint density at radius 1 is 0.933 bits per heavy atom. The highest BCUT2D eigenvalue weighted by Gasteiger charge is 2.30. The number of carbonyl (C=O) groups is 1. The number of benzene rings is 1. The zero-order chi connectivity index (χ0) is 21.3. The maximum Gasteiger partial charge on any atom is 0.255 e. The maximum atomic E-state index is 13.1. The fourth-order valence-electron chi connectivity index (χ4n) is 4.08. The van der Waals surface area contributed by atoms with E-state index < -0.39 is 10.0 Å². The molecule has 0 unspecified atom stereocenters. The molecule has 2 aliphatic heterocycles. The Labute approximate surface area is 178 Å². The van der Waals surface area contributed by atoms with E-state index in [0.717, 1.165) is 42.9 Å². The highest BCUT2D eigenvalue weighted by Crippen LogP contribution is 2.24. The number of piperazine rings is 1. The van der Waals surface area contributed by atoms with E-state index in [1.807, 2.05) is 43.0 Å². The van der Waals surface area contributed by atoms with Crippen molar-refractivity contribution in [1.82, 2.24) is 14.2 Å². The molecule has 0 spiro atoms. The van der Waals surface area contributed by atoms with Crippen LogP contribution in [0.25, 0.3) is 0 Å². The number of hydrogen-bond acceptors (Lipinski definition) is 5. The summed E-state index contributed by atoms with van der Waals surface area (Å²) < 4.78 is 27.7. The van der Waals surface area contributed by atoms with Crippen molar-refractivity contribution >= 4 is 21.7 Å². The van der Waals surface area contributed by atoms with Gasteiger partial charge >= 0.3 is 0 Å². The van der Waals surface area contributed by atoms with Crippen LogP contribution in [0.4, 0.5) is 5.82 Å². The molecule has 3 heterocycles. The number of hydrogen-bond donors (Lipinski definition) is 0. The highest BCUT2D eigenvalue weighted by atomic mass is 32.2. The summed E-state index contributed by atoms with van der Waals surface area (Å²) in [6.45, 7) is 7.32. The predicted molar refractivity (Wildman–Crippen MR) is 116 cm³/mol. The van der Waals surface area contributed by atoms with Gasteiger partial charge in [-0.05, 0) is 56.0 Å². The second-order valence-corrected chi connectivity index (χ2v) is 9.97. The van der Waals surface area contributed by atoms with Crippen LogP contribution in [0, 0.1) is 13.8 Å². The van der Waals surface area contributed by atoms with Crippen molar-refractivity contribution in [3.05, 3.63) is 53.2 Å². The Morgan fingerprint density at radius 2 is 1.63 bits per heavy atom. The number of pyridine rings is 1. The van der Waals surface area contributed by atoms with Gasteiger partial charge in [-0.15, -0.1) is 0 Å². The average Bonchev–Trinajstić information content (AvgIpc) is 3.30. The molecular weight excluding hydrogens is 400 g/mol. The second kappa shape index (κ2) is 8.35. The molecule has 160 valence electrons. The molecule has 30 heavy (non-hydrogen) atoms. The van der Waals surface area contributed by atoms with Crippen molar-refractivity contribution in [1.29, 1.82) is 0 Å². The molecular formula is C22H28N4O3S. The van der Waals surface area contributed by atoms with Crippen LogP contribution in [0.3, 0.4) is 0 Å². The largest absolute Gasteiger partial charge is 0.354 e. The molecule has 2 saturated heterocycles. The third-order valence-electron chi connectivity index (χ3n) is 5.91. The van der Waals surface area contributed by atoms with Gasteiger partial charge in [0, 0.05) is 45.5 Å². The molecule has 0 bridgehead atoms. The van der Waals surface area contributed by atoms with Gasteiger partial charge < -0.3 is 9.80 Å². The van der Waals surface area contributed by atoms with Gasteiger partial charge in [-0.2, -0.15) is 4.31 Å². The molecule has 0 saturated carbocycles. The summed E-state index contributed by atoms with van der Waals surface area (Å²) >= 11 is 0. The van der Waals surface area contributed by atoms with Crippen molar-refractivity contribution in [2.24, 2.45) is 0 Å². The molecule has 1 aromatic heterocycles. The van der Waals surface area contributed by atoms with Crippen LogP contribution in [-0.4, -0.2) is 67.8 Å². The first-order chi connectivity index (χ1) is 14.4. The maximum absolute atomic E-state index is 13.1. The summed E-state index contributed by atoms with van der Waals surface area (Å²) in [7, 11) is -3.51. The molecule has 7 nitrogen and oxygen atoms in total.